The maximum atomic E-state index is 13.6. The van der Waals surface area contributed by atoms with Crippen molar-refractivity contribution in [3.8, 4) is 0 Å². The van der Waals surface area contributed by atoms with E-state index in [1.165, 1.54) is 4.70 Å². The second-order valence-electron chi connectivity index (χ2n) is 10.6. The maximum Gasteiger partial charge on any atom is 0.253 e. The smallest absolute Gasteiger partial charge is 0.253 e. The Kier molecular flexibility index (Phi) is 6.23. The van der Waals surface area contributed by atoms with E-state index in [0.29, 0.717) is 11.4 Å². The van der Waals surface area contributed by atoms with Crippen LogP contribution in [0.25, 0.3) is 21.1 Å². The molecular weight excluding hydrogens is 496 g/mol. The molecule has 1 atom stereocenters. The van der Waals surface area contributed by atoms with Gasteiger partial charge in [0.25, 0.3) is 5.56 Å². The number of pyridine rings is 1. The lowest BCUT2D eigenvalue weighted by molar-refractivity contribution is 0.186. The Labute approximate surface area is 225 Å². The standard InChI is InChI=1S/C28H32N8OS/c1-5-28(3,4)36-25(31-32-33-36)24(20-17-19-10-8-9-18(2)23(19)30-26(20)37)34-13-15-35(16-14-34)27-29-21-11-6-7-12-22(21)38-27/h6-12,17,24H,5,13-16H2,1-4H3,(H,30,37). The molecule has 4 heterocycles. The van der Waals surface area contributed by atoms with Crippen LogP contribution in [0.3, 0.4) is 0 Å². The fourth-order valence-corrected chi connectivity index (χ4v) is 6.23. The first kappa shape index (κ1) is 24.7. The summed E-state index contributed by atoms with van der Waals surface area (Å²) < 4.78 is 3.10. The normalized spacial score (nSPS) is 15.9. The number of hydrogen-bond donors (Lipinski definition) is 1. The van der Waals surface area contributed by atoms with Crippen molar-refractivity contribution in [3.05, 3.63) is 75.8 Å². The monoisotopic (exact) mass is 528 g/mol. The minimum Gasteiger partial charge on any atom is -0.345 e. The highest BCUT2D eigenvalue weighted by molar-refractivity contribution is 7.22. The summed E-state index contributed by atoms with van der Waals surface area (Å²) >= 11 is 1.73. The van der Waals surface area contributed by atoms with E-state index in [9.17, 15) is 4.79 Å². The summed E-state index contributed by atoms with van der Waals surface area (Å²) in [7, 11) is 0. The first-order valence-electron chi connectivity index (χ1n) is 13.1. The summed E-state index contributed by atoms with van der Waals surface area (Å²) in [6.07, 6.45) is 0.858. The molecule has 5 aromatic rings. The molecule has 0 spiro atoms. The van der Waals surface area contributed by atoms with Gasteiger partial charge in [0.1, 0.15) is 6.04 Å². The van der Waals surface area contributed by atoms with Crippen molar-refractivity contribution >= 4 is 37.6 Å². The highest BCUT2D eigenvalue weighted by atomic mass is 32.1. The average Bonchev–Trinajstić information content (AvgIpc) is 3.58. The van der Waals surface area contributed by atoms with Crippen LogP contribution in [0.5, 0.6) is 0 Å². The molecule has 1 aliphatic heterocycles. The van der Waals surface area contributed by atoms with Gasteiger partial charge in [-0.15, -0.1) is 5.10 Å². The number of para-hydroxylation sites is 2. The van der Waals surface area contributed by atoms with Crippen molar-refractivity contribution in [3.63, 3.8) is 0 Å². The quantitative estimate of drug-likeness (QED) is 0.347. The highest BCUT2D eigenvalue weighted by Gasteiger charge is 2.36. The van der Waals surface area contributed by atoms with Gasteiger partial charge in [-0.05, 0) is 66.8 Å². The van der Waals surface area contributed by atoms with Gasteiger partial charge in [-0.25, -0.2) is 9.67 Å². The van der Waals surface area contributed by atoms with E-state index >= 15 is 0 Å². The molecule has 0 bridgehead atoms. The molecule has 3 aromatic heterocycles. The van der Waals surface area contributed by atoms with Crippen LogP contribution >= 0.6 is 11.3 Å². The predicted octanol–water partition coefficient (Wildman–Crippen LogP) is 4.49. The number of benzene rings is 2. The molecule has 1 fully saturated rings. The lowest BCUT2D eigenvalue weighted by atomic mass is 9.98. The van der Waals surface area contributed by atoms with Crippen LogP contribution in [-0.2, 0) is 5.54 Å². The van der Waals surface area contributed by atoms with Crippen LogP contribution in [0.1, 0.15) is 50.2 Å². The average molecular weight is 529 g/mol. The molecule has 196 valence electrons. The summed E-state index contributed by atoms with van der Waals surface area (Å²) in [5.41, 5.74) is 3.22. The number of tetrazole rings is 1. The van der Waals surface area contributed by atoms with E-state index in [1.54, 1.807) is 11.3 Å². The molecule has 1 saturated heterocycles. The number of aryl methyl sites for hydroxylation is 1. The van der Waals surface area contributed by atoms with Gasteiger partial charge >= 0.3 is 0 Å². The van der Waals surface area contributed by atoms with Crippen molar-refractivity contribution in [2.75, 3.05) is 31.1 Å². The van der Waals surface area contributed by atoms with Gasteiger partial charge in [0, 0.05) is 31.7 Å². The van der Waals surface area contributed by atoms with Crippen molar-refractivity contribution in [1.82, 2.24) is 35.1 Å². The zero-order chi connectivity index (χ0) is 26.4. The fraction of sp³-hybridized carbons (Fsp3) is 0.393. The van der Waals surface area contributed by atoms with Crippen molar-refractivity contribution in [2.45, 2.75) is 45.7 Å². The molecule has 38 heavy (non-hydrogen) atoms. The van der Waals surface area contributed by atoms with Crippen molar-refractivity contribution in [2.24, 2.45) is 0 Å². The Hall–Kier alpha value is -3.63. The number of anilines is 1. The molecule has 0 saturated carbocycles. The van der Waals surface area contributed by atoms with E-state index in [0.717, 1.165) is 59.7 Å². The van der Waals surface area contributed by atoms with E-state index in [-0.39, 0.29) is 17.1 Å². The van der Waals surface area contributed by atoms with Gasteiger partial charge in [-0.2, -0.15) is 0 Å². The Morgan fingerprint density at radius 3 is 2.63 bits per heavy atom. The molecule has 2 aromatic carbocycles. The third-order valence-corrected chi connectivity index (χ3v) is 8.92. The minimum absolute atomic E-state index is 0.103. The molecule has 0 radical (unpaired) electrons. The van der Waals surface area contributed by atoms with Crippen LogP contribution in [0.2, 0.25) is 0 Å². The van der Waals surface area contributed by atoms with E-state index < -0.39 is 0 Å². The number of nitrogens with zero attached hydrogens (tertiary/aromatic N) is 7. The molecular formula is C28H32N8OS. The third-order valence-electron chi connectivity index (χ3n) is 7.82. The molecule has 1 unspecified atom stereocenters. The van der Waals surface area contributed by atoms with Gasteiger partial charge in [0.15, 0.2) is 11.0 Å². The lowest BCUT2D eigenvalue weighted by Gasteiger charge is -2.39. The Morgan fingerprint density at radius 1 is 1.08 bits per heavy atom. The van der Waals surface area contributed by atoms with E-state index in [2.05, 4.69) is 69.3 Å². The number of H-pyrrole nitrogens is 1. The summed E-state index contributed by atoms with van der Waals surface area (Å²) in [6, 6.07) is 16.0. The SMILES string of the molecule is CCC(C)(C)n1nnnc1C(c1cc2cccc(C)c2[nH]c1=O)N1CCN(c2nc3ccccc3s2)CC1. The molecule has 1 N–H and O–H groups in total. The van der Waals surface area contributed by atoms with E-state index in [1.807, 2.05) is 41.9 Å². The third kappa shape index (κ3) is 4.27. The van der Waals surface area contributed by atoms with Gasteiger partial charge in [-0.3, -0.25) is 9.69 Å². The highest BCUT2D eigenvalue weighted by Crippen LogP contribution is 2.33. The second-order valence-corrected chi connectivity index (χ2v) is 11.6. The number of hydrogen-bond acceptors (Lipinski definition) is 8. The number of piperazine rings is 1. The summed E-state index contributed by atoms with van der Waals surface area (Å²) in [5, 5.41) is 15.0. The number of thiazole rings is 1. The lowest BCUT2D eigenvalue weighted by Crippen LogP contribution is -2.49. The molecule has 6 rings (SSSR count). The largest absolute Gasteiger partial charge is 0.345 e. The Bertz CT molecular complexity index is 1630. The Morgan fingerprint density at radius 2 is 1.87 bits per heavy atom. The summed E-state index contributed by atoms with van der Waals surface area (Å²) in [4.78, 5) is 26.3. The number of fused-ring (bicyclic) bond motifs is 2. The molecule has 10 heteroatoms. The minimum atomic E-state index is -0.373. The topological polar surface area (TPSA) is 95.8 Å². The van der Waals surface area contributed by atoms with Gasteiger partial charge in [-0.1, -0.05) is 48.6 Å². The van der Waals surface area contributed by atoms with Crippen LogP contribution in [0.15, 0.2) is 53.3 Å². The van der Waals surface area contributed by atoms with Gasteiger partial charge in [0.2, 0.25) is 0 Å². The van der Waals surface area contributed by atoms with Crippen molar-refractivity contribution < 1.29 is 0 Å². The number of aromatic amines is 1. The van der Waals surface area contributed by atoms with Crippen molar-refractivity contribution in [1.29, 1.82) is 0 Å². The second kappa shape index (κ2) is 9.59. The predicted molar refractivity (Wildman–Crippen MR) is 152 cm³/mol. The first-order chi connectivity index (χ1) is 18.4. The molecule has 9 nitrogen and oxygen atoms in total. The van der Waals surface area contributed by atoms with Crippen LogP contribution in [-0.4, -0.2) is 61.3 Å². The van der Waals surface area contributed by atoms with Crippen LogP contribution < -0.4 is 10.5 Å². The first-order valence-corrected chi connectivity index (χ1v) is 13.9. The number of rotatable bonds is 6. The summed E-state index contributed by atoms with van der Waals surface area (Å²) in [5.74, 6) is 0.697. The molecule has 1 aliphatic rings. The molecule has 0 amide bonds. The maximum absolute atomic E-state index is 13.6. The fourth-order valence-electron chi connectivity index (χ4n) is 5.21. The van der Waals surface area contributed by atoms with Crippen LogP contribution in [0.4, 0.5) is 5.13 Å². The number of nitrogens with one attached hydrogen (secondary N) is 1. The van der Waals surface area contributed by atoms with Crippen LogP contribution in [0, 0.1) is 6.92 Å². The molecule has 0 aliphatic carbocycles. The van der Waals surface area contributed by atoms with E-state index in [4.69, 9.17) is 4.98 Å². The summed E-state index contributed by atoms with van der Waals surface area (Å²) in [6.45, 7) is 11.5. The zero-order valence-electron chi connectivity index (χ0n) is 22.2. The zero-order valence-corrected chi connectivity index (χ0v) is 23.0. The number of aromatic nitrogens is 6. The van der Waals surface area contributed by atoms with Gasteiger partial charge in [0.05, 0.1) is 21.3 Å². The Balaban J connectivity index is 1.39. The van der Waals surface area contributed by atoms with Gasteiger partial charge < -0.3 is 9.88 Å².